The lowest BCUT2D eigenvalue weighted by molar-refractivity contribution is -0.119. The second-order valence-corrected chi connectivity index (χ2v) is 6.76. The summed E-state index contributed by atoms with van der Waals surface area (Å²) in [5.74, 6) is 0. The van der Waals surface area contributed by atoms with Crippen molar-refractivity contribution in [3.63, 3.8) is 0 Å². The molecule has 1 unspecified atom stereocenters. The summed E-state index contributed by atoms with van der Waals surface area (Å²) in [5, 5.41) is 0. The second-order valence-electron chi connectivity index (χ2n) is 6.76. The zero-order valence-corrected chi connectivity index (χ0v) is 15.0. The minimum Gasteiger partial charge on any atom is -0.372 e. The van der Waals surface area contributed by atoms with Crippen LogP contribution >= 0.6 is 0 Å². The molecular weight excluding hydrogens is 286 g/mol. The van der Waals surface area contributed by atoms with Crippen LogP contribution in [-0.4, -0.2) is 50.6 Å². The van der Waals surface area contributed by atoms with Crippen molar-refractivity contribution in [3.8, 4) is 0 Å². The van der Waals surface area contributed by atoms with Crippen LogP contribution in [0.25, 0.3) is 0 Å². The summed E-state index contributed by atoms with van der Waals surface area (Å²) in [6.45, 7) is 6.55. The average Bonchev–Trinajstić information content (AvgIpc) is 2.60. The van der Waals surface area contributed by atoms with Crippen molar-refractivity contribution in [2.24, 2.45) is 0 Å². The standard InChI is InChI=1S/C19H31N3O/c1-5-7-16(2)21(4)18-8-6-9-19(14-18)22-12-10-17(11-13-22)20(3)15-23/h6,8-9,14-17H,5,7,10-13H2,1-4H3. The summed E-state index contributed by atoms with van der Waals surface area (Å²) in [4.78, 5) is 17.5. The molecule has 128 valence electrons. The van der Waals surface area contributed by atoms with E-state index in [9.17, 15) is 4.79 Å². The van der Waals surface area contributed by atoms with Crippen LogP contribution in [0.5, 0.6) is 0 Å². The molecule has 1 saturated heterocycles. The normalized spacial score (nSPS) is 17.0. The van der Waals surface area contributed by atoms with Gasteiger partial charge >= 0.3 is 0 Å². The monoisotopic (exact) mass is 317 g/mol. The summed E-state index contributed by atoms with van der Waals surface area (Å²) in [6.07, 6.45) is 5.46. The number of hydrogen-bond acceptors (Lipinski definition) is 3. The molecule has 1 heterocycles. The van der Waals surface area contributed by atoms with Crippen molar-refractivity contribution in [1.82, 2.24) is 4.90 Å². The van der Waals surface area contributed by atoms with E-state index in [0.29, 0.717) is 12.1 Å². The Labute approximate surface area is 141 Å². The summed E-state index contributed by atoms with van der Waals surface area (Å²) in [7, 11) is 4.07. The van der Waals surface area contributed by atoms with Crippen LogP contribution in [0.3, 0.4) is 0 Å². The van der Waals surface area contributed by atoms with Gasteiger partial charge in [0.25, 0.3) is 0 Å². The third kappa shape index (κ3) is 4.40. The summed E-state index contributed by atoms with van der Waals surface area (Å²) in [5.41, 5.74) is 2.58. The topological polar surface area (TPSA) is 26.8 Å². The van der Waals surface area contributed by atoms with Gasteiger partial charge in [-0.25, -0.2) is 0 Å². The average molecular weight is 317 g/mol. The van der Waals surface area contributed by atoms with E-state index < -0.39 is 0 Å². The SMILES string of the molecule is CCCC(C)N(C)c1cccc(N2CCC(N(C)C=O)CC2)c1. The van der Waals surface area contributed by atoms with Crippen LogP contribution in [0.2, 0.25) is 0 Å². The van der Waals surface area contributed by atoms with E-state index >= 15 is 0 Å². The van der Waals surface area contributed by atoms with Crippen LogP contribution in [0.4, 0.5) is 11.4 Å². The van der Waals surface area contributed by atoms with Crippen molar-refractivity contribution in [2.75, 3.05) is 37.0 Å². The van der Waals surface area contributed by atoms with Gasteiger partial charge in [-0.15, -0.1) is 0 Å². The summed E-state index contributed by atoms with van der Waals surface area (Å²) < 4.78 is 0. The highest BCUT2D eigenvalue weighted by molar-refractivity contribution is 5.59. The number of benzene rings is 1. The highest BCUT2D eigenvalue weighted by atomic mass is 16.1. The van der Waals surface area contributed by atoms with Crippen LogP contribution < -0.4 is 9.80 Å². The molecule has 0 bridgehead atoms. The van der Waals surface area contributed by atoms with E-state index in [1.807, 2.05) is 11.9 Å². The molecule has 1 amide bonds. The molecule has 1 aromatic rings. The molecule has 1 aliphatic heterocycles. The second kappa shape index (κ2) is 8.23. The highest BCUT2D eigenvalue weighted by Gasteiger charge is 2.22. The van der Waals surface area contributed by atoms with E-state index in [4.69, 9.17) is 0 Å². The first-order valence-electron chi connectivity index (χ1n) is 8.81. The van der Waals surface area contributed by atoms with Crippen LogP contribution in [-0.2, 0) is 4.79 Å². The molecule has 0 spiro atoms. The maximum absolute atomic E-state index is 10.9. The maximum atomic E-state index is 10.9. The van der Waals surface area contributed by atoms with Gasteiger partial charge in [0.1, 0.15) is 0 Å². The molecule has 1 aromatic carbocycles. The minimum atomic E-state index is 0.388. The fourth-order valence-corrected chi connectivity index (χ4v) is 3.39. The largest absolute Gasteiger partial charge is 0.372 e. The molecule has 1 fully saturated rings. The van der Waals surface area contributed by atoms with Crippen LogP contribution in [0, 0.1) is 0 Å². The first kappa shape index (κ1) is 17.6. The number of carbonyl (C=O) groups is 1. The van der Waals surface area contributed by atoms with Crippen molar-refractivity contribution < 1.29 is 4.79 Å². The van der Waals surface area contributed by atoms with E-state index in [1.165, 1.54) is 24.2 Å². The third-order valence-electron chi connectivity index (χ3n) is 5.18. The van der Waals surface area contributed by atoms with E-state index in [1.54, 1.807) is 0 Å². The Morgan fingerprint density at radius 2 is 2.00 bits per heavy atom. The Morgan fingerprint density at radius 1 is 1.30 bits per heavy atom. The Kier molecular flexibility index (Phi) is 6.31. The van der Waals surface area contributed by atoms with E-state index in [2.05, 4.69) is 55.0 Å². The van der Waals surface area contributed by atoms with Crippen molar-refractivity contribution in [2.45, 2.75) is 51.6 Å². The highest BCUT2D eigenvalue weighted by Crippen LogP contribution is 2.27. The van der Waals surface area contributed by atoms with Gasteiger partial charge in [-0.1, -0.05) is 19.4 Å². The number of piperidine rings is 1. The number of amides is 1. The van der Waals surface area contributed by atoms with Gasteiger partial charge in [-0.3, -0.25) is 4.79 Å². The smallest absolute Gasteiger partial charge is 0.209 e. The quantitative estimate of drug-likeness (QED) is 0.721. The first-order valence-corrected chi connectivity index (χ1v) is 8.81. The Balaban J connectivity index is 2.02. The molecule has 4 heteroatoms. The van der Waals surface area contributed by atoms with Crippen molar-refractivity contribution in [1.29, 1.82) is 0 Å². The van der Waals surface area contributed by atoms with Crippen molar-refractivity contribution in [3.05, 3.63) is 24.3 Å². The lowest BCUT2D eigenvalue weighted by Crippen LogP contribution is -2.43. The number of hydrogen-bond donors (Lipinski definition) is 0. The maximum Gasteiger partial charge on any atom is 0.209 e. The number of rotatable bonds is 7. The zero-order chi connectivity index (χ0) is 16.8. The Bertz CT molecular complexity index is 497. The molecule has 0 radical (unpaired) electrons. The van der Waals surface area contributed by atoms with Crippen molar-refractivity contribution >= 4 is 17.8 Å². The number of carbonyl (C=O) groups excluding carboxylic acids is 1. The van der Waals surface area contributed by atoms with Crippen LogP contribution in [0.15, 0.2) is 24.3 Å². The predicted molar refractivity (Wildman–Crippen MR) is 98.3 cm³/mol. The molecule has 0 saturated carbocycles. The molecule has 1 aliphatic rings. The van der Waals surface area contributed by atoms with Gasteiger partial charge in [0.15, 0.2) is 0 Å². The fourth-order valence-electron chi connectivity index (χ4n) is 3.39. The molecular formula is C19H31N3O. The van der Waals surface area contributed by atoms with Gasteiger partial charge in [0, 0.05) is 50.6 Å². The summed E-state index contributed by atoms with van der Waals surface area (Å²) >= 11 is 0. The van der Waals surface area contributed by atoms with Gasteiger partial charge in [-0.05, 0) is 44.4 Å². The summed E-state index contributed by atoms with van der Waals surface area (Å²) in [6, 6.07) is 9.80. The Hall–Kier alpha value is -1.71. The lowest BCUT2D eigenvalue weighted by atomic mass is 10.0. The zero-order valence-electron chi connectivity index (χ0n) is 15.0. The molecule has 23 heavy (non-hydrogen) atoms. The number of anilines is 2. The fraction of sp³-hybridized carbons (Fsp3) is 0.632. The molecule has 0 N–H and O–H groups in total. The van der Waals surface area contributed by atoms with Gasteiger partial charge in [0.05, 0.1) is 0 Å². The van der Waals surface area contributed by atoms with E-state index in [-0.39, 0.29) is 0 Å². The molecule has 0 aliphatic carbocycles. The molecule has 1 atom stereocenters. The first-order chi connectivity index (χ1) is 11.1. The molecule has 0 aromatic heterocycles. The van der Waals surface area contributed by atoms with Gasteiger partial charge < -0.3 is 14.7 Å². The lowest BCUT2D eigenvalue weighted by Gasteiger charge is -2.37. The van der Waals surface area contributed by atoms with Gasteiger partial charge in [0.2, 0.25) is 6.41 Å². The van der Waals surface area contributed by atoms with Crippen LogP contribution in [0.1, 0.15) is 39.5 Å². The predicted octanol–water partition coefficient (Wildman–Crippen LogP) is 3.37. The molecule has 2 rings (SSSR count). The Morgan fingerprint density at radius 3 is 2.61 bits per heavy atom. The minimum absolute atomic E-state index is 0.388. The van der Waals surface area contributed by atoms with Gasteiger partial charge in [-0.2, -0.15) is 0 Å². The van der Waals surface area contributed by atoms with E-state index in [0.717, 1.165) is 32.3 Å². The third-order valence-corrected chi connectivity index (χ3v) is 5.18. The number of nitrogens with zero attached hydrogens (tertiary/aromatic N) is 3. The molecule has 4 nitrogen and oxygen atoms in total.